The molecule has 7 heteroatoms. The van der Waals surface area contributed by atoms with Crippen LogP contribution in [0.15, 0.2) is 0 Å². The van der Waals surface area contributed by atoms with Crippen molar-refractivity contribution in [3.05, 3.63) is 0 Å². The van der Waals surface area contributed by atoms with E-state index in [-0.39, 0.29) is 12.6 Å². The molecule has 0 saturated heterocycles. The molecule has 0 rings (SSSR count). The molecule has 0 aromatic rings. The van der Waals surface area contributed by atoms with E-state index in [1.807, 2.05) is 0 Å². The van der Waals surface area contributed by atoms with Crippen molar-refractivity contribution in [3.8, 4) is 0 Å². The van der Waals surface area contributed by atoms with Gasteiger partial charge in [0.1, 0.15) is 0 Å². The van der Waals surface area contributed by atoms with E-state index >= 15 is 0 Å². The minimum Gasteiger partial charge on any atom is -0.481 e. The van der Waals surface area contributed by atoms with E-state index in [0.29, 0.717) is 25.7 Å². The molecule has 0 heterocycles. The summed E-state index contributed by atoms with van der Waals surface area (Å²) < 4.78 is 11.1. The number of aliphatic carboxylic acids is 2. The van der Waals surface area contributed by atoms with Crippen molar-refractivity contribution in [2.75, 3.05) is 12.8 Å². The first-order valence-corrected chi connectivity index (χ1v) is 7.75. The molecule has 0 fully saturated rings. The Hall–Kier alpha value is -0.870. The normalized spacial score (nSPS) is 16.1. The summed E-state index contributed by atoms with van der Waals surface area (Å²) in [6.45, 7) is 1.15. The van der Waals surface area contributed by atoms with Crippen molar-refractivity contribution in [3.63, 3.8) is 0 Å². The van der Waals surface area contributed by atoms with Gasteiger partial charge in [-0.15, -0.1) is 0 Å². The third-order valence-corrected chi connectivity index (χ3v) is 3.47. The van der Waals surface area contributed by atoms with Gasteiger partial charge >= 0.3 is 11.9 Å². The number of hydrogen-bond acceptors (Lipinski definition) is 3. The first-order valence-electron chi connectivity index (χ1n) is 5.46. The summed E-state index contributed by atoms with van der Waals surface area (Å²) in [7, 11) is -3.32. The maximum Gasteiger partial charge on any atom is 0.307 e. The molecule has 2 atom stereocenters. The Bertz CT molecular complexity index is 308. The number of carboxylic acids is 2. The molecular weight excluding hydrogens is 247 g/mol. The Labute approximate surface area is 100 Å². The summed E-state index contributed by atoms with van der Waals surface area (Å²) >= 11 is 0. The number of carbonyl (C=O) groups is 2. The predicted octanol–water partition coefficient (Wildman–Crippen LogP) is 1.62. The van der Waals surface area contributed by atoms with Gasteiger partial charge in [-0.25, -0.2) is 0 Å². The van der Waals surface area contributed by atoms with Crippen LogP contribution < -0.4 is 0 Å². The van der Waals surface area contributed by atoms with Gasteiger partial charge in [-0.2, -0.15) is 0 Å². The lowest BCUT2D eigenvalue weighted by Gasteiger charge is -2.13. The highest BCUT2D eigenvalue weighted by atomic mass is 31.2. The monoisotopic (exact) mass is 266 g/mol. The van der Waals surface area contributed by atoms with Gasteiger partial charge in [0.2, 0.25) is 0 Å². The topological polar surface area (TPSA) is 112 Å². The van der Waals surface area contributed by atoms with Crippen LogP contribution in [0, 0.1) is 5.92 Å². The van der Waals surface area contributed by atoms with Crippen LogP contribution in [0.4, 0.5) is 0 Å². The van der Waals surface area contributed by atoms with Crippen LogP contribution >= 0.6 is 7.37 Å². The van der Waals surface area contributed by atoms with Crippen LogP contribution in [0.3, 0.4) is 0 Å². The molecule has 0 aromatic carbocycles. The van der Waals surface area contributed by atoms with Crippen LogP contribution in [-0.4, -0.2) is 39.9 Å². The van der Waals surface area contributed by atoms with Crippen molar-refractivity contribution < 1.29 is 29.3 Å². The van der Waals surface area contributed by atoms with Gasteiger partial charge in [0.05, 0.1) is 5.92 Å². The minimum absolute atomic E-state index is 0.0734. The molecule has 17 heavy (non-hydrogen) atoms. The molecule has 0 spiro atoms. The molecule has 6 nitrogen and oxygen atoms in total. The zero-order valence-electron chi connectivity index (χ0n) is 9.83. The second-order valence-electron chi connectivity index (χ2n) is 4.26. The Morgan fingerprint density at radius 1 is 1.18 bits per heavy atom. The van der Waals surface area contributed by atoms with Gasteiger partial charge in [0.15, 0.2) is 7.37 Å². The van der Waals surface area contributed by atoms with Crippen LogP contribution in [0.1, 0.15) is 32.1 Å². The summed E-state index contributed by atoms with van der Waals surface area (Å²) in [5, 5.41) is 17.3. The van der Waals surface area contributed by atoms with E-state index in [2.05, 4.69) is 0 Å². The molecule has 2 unspecified atom stereocenters. The fourth-order valence-corrected chi connectivity index (χ4v) is 2.70. The van der Waals surface area contributed by atoms with Gasteiger partial charge in [0, 0.05) is 19.2 Å². The van der Waals surface area contributed by atoms with E-state index in [9.17, 15) is 14.2 Å². The summed E-state index contributed by atoms with van der Waals surface area (Å²) in [6, 6.07) is 0. The molecule has 100 valence electrons. The molecule has 0 aliphatic carbocycles. The van der Waals surface area contributed by atoms with Crippen molar-refractivity contribution >= 4 is 19.3 Å². The maximum absolute atomic E-state index is 11.1. The lowest BCUT2D eigenvalue weighted by atomic mass is 10.0. The smallest absolute Gasteiger partial charge is 0.307 e. The van der Waals surface area contributed by atoms with Gasteiger partial charge < -0.3 is 15.1 Å². The van der Waals surface area contributed by atoms with Crippen molar-refractivity contribution in [2.45, 2.75) is 32.1 Å². The second kappa shape index (κ2) is 7.45. The van der Waals surface area contributed by atoms with E-state index in [4.69, 9.17) is 15.1 Å². The van der Waals surface area contributed by atoms with Crippen LogP contribution in [0.25, 0.3) is 0 Å². The molecule has 0 aliphatic heterocycles. The first kappa shape index (κ1) is 16.1. The van der Waals surface area contributed by atoms with Crippen molar-refractivity contribution in [2.24, 2.45) is 5.92 Å². The molecule has 0 amide bonds. The first-order chi connectivity index (χ1) is 7.72. The van der Waals surface area contributed by atoms with Crippen molar-refractivity contribution in [1.29, 1.82) is 0 Å². The maximum atomic E-state index is 11.1. The SMILES string of the molecule is CP(=O)(O)CC(CCCCCC(=O)O)C(=O)O. The fraction of sp³-hybridized carbons (Fsp3) is 0.800. The van der Waals surface area contributed by atoms with Crippen LogP contribution in [0.5, 0.6) is 0 Å². The molecule has 0 radical (unpaired) electrons. The fourth-order valence-electron chi connectivity index (χ4n) is 1.55. The largest absolute Gasteiger partial charge is 0.481 e. The van der Waals surface area contributed by atoms with Crippen molar-refractivity contribution in [1.82, 2.24) is 0 Å². The summed E-state index contributed by atoms with van der Waals surface area (Å²) in [5.41, 5.74) is 0. The quantitative estimate of drug-likeness (QED) is 0.432. The van der Waals surface area contributed by atoms with Gasteiger partial charge in [-0.3, -0.25) is 14.2 Å². The van der Waals surface area contributed by atoms with Gasteiger partial charge in [-0.05, 0) is 12.8 Å². The minimum atomic E-state index is -3.32. The zero-order chi connectivity index (χ0) is 13.5. The highest BCUT2D eigenvalue weighted by Crippen LogP contribution is 2.38. The number of carboxylic acid groups (broad SMARTS) is 2. The van der Waals surface area contributed by atoms with Crippen LogP contribution in [-0.2, 0) is 14.2 Å². The van der Waals surface area contributed by atoms with Crippen LogP contribution in [0.2, 0.25) is 0 Å². The summed E-state index contributed by atoms with van der Waals surface area (Å²) in [4.78, 5) is 30.2. The molecular formula is C10H19O6P. The number of rotatable bonds is 9. The lowest BCUT2D eigenvalue weighted by molar-refractivity contribution is -0.141. The predicted molar refractivity (Wildman–Crippen MR) is 62.5 cm³/mol. The van der Waals surface area contributed by atoms with Gasteiger partial charge in [0.25, 0.3) is 0 Å². The highest BCUT2D eigenvalue weighted by Gasteiger charge is 2.24. The standard InChI is InChI=1S/C10H19O6P/c1-17(15,16)7-8(10(13)14)5-3-2-4-6-9(11)12/h8H,2-7H2,1H3,(H,11,12)(H,13,14)(H,15,16). The average molecular weight is 266 g/mol. The molecule has 0 aliphatic rings. The van der Waals surface area contributed by atoms with E-state index < -0.39 is 25.2 Å². The summed E-state index contributed by atoms with van der Waals surface area (Å²) in [6.07, 6.45) is 1.85. The molecule has 0 aromatic heterocycles. The lowest BCUT2D eigenvalue weighted by Crippen LogP contribution is -2.18. The highest BCUT2D eigenvalue weighted by molar-refractivity contribution is 7.57. The Balaban J connectivity index is 3.91. The molecule has 0 bridgehead atoms. The van der Waals surface area contributed by atoms with Gasteiger partial charge in [-0.1, -0.05) is 12.8 Å². The average Bonchev–Trinajstić information content (AvgIpc) is 2.12. The van der Waals surface area contributed by atoms with E-state index in [1.165, 1.54) is 0 Å². The zero-order valence-corrected chi connectivity index (χ0v) is 10.7. The van der Waals surface area contributed by atoms with E-state index in [1.54, 1.807) is 0 Å². The summed E-state index contributed by atoms with van der Waals surface area (Å²) in [5.74, 6) is -2.76. The molecule has 0 saturated carbocycles. The Morgan fingerprint density at radius 2 is 1.76 bits per heavy atom. The van der Waals surface area contributed by atoms with E-state index in [0.717, 1.165) is 6.66 Å². The number of hydrogen-bond donors (Lipinski definition) is 3. The Kier molecular flexibility index (Phi) is 7.07. The Morgan fingerprint density at radius 3 is 2.18 bits per heavy atom. The second-order valence-corrected chi connectivity index (χ2v) is 6.73. The number of unbranched alkanes of at least 4 members (excludes halogenated alkanes) is 2. The molecule has 3 N–H and O–H groups in total. The third kappa shape index (κ3) is 10.0. The third-order valence-electron chi connectivity index (χ3n) is 2.35.